The van der Waals surface area contributed by atoms with Gasteiger partial charge in [-0.1, -0.05) is 12.1 Å². The minimum absolute atomic E-state index is 0.0640. The average molecular weight is 474 g/mol. The summed E-state index contributed by atoms with van der Waals surface area (Å²) in [6, 6.07) is 20.5. The maximum atomic E-state index is 13.5. The summed E-state index contributed by atoms with van der Waals surface area (Å²) in [6.45, 7) is 0. The molecule has 0 aliphatic carbocycles. The van der Waals surface area contributed by atoms with E-state index in [0.717, 1.165) is 5.56 Å². The number of methoxy groups -OCH3 is 2. The van der Waals surface area contributed by atoms with E-state index < -0.39 is 17.9 Å². The van der Waals surface area contributed by atoms with Gasteiger partial charge in [0.15, 0.2) is 0 Å². The summed E-state index contributed by atoms with van der Waals surface area (Å²) in [4.78, 5) is 39.7. The Labute approximate surface area is 203 Å². The van der Waals surface area contributed by atoms with E-state index in [1.807, 2.05) is 36.4 Å². The highest BCUT2D eigenvalue weighted by molar-refractivity contribution is 6.00. The van der Waals surface area contributed by atoms with E-state index in [9.17, 15) is 14.4 Å². The molecule has 4 rings (SSSR count). The molecule has 2 atom stereocenters. The number of benzene rings is 3. The Kier molecular flexibility index (Phi) is 7.01. The quantitative estimate of drug-likeness (QED) is 0.540. The molecule has 3 amide bonds. The fourth-order valence-electron chi connectivity index (χ4n) is 4.35. The molecule has 0 spiro atoms. The summed E-state index contributed by atoms with van der Waals surface area (Å²) in [6.07, 6.45) is 0.630. The van der Waals surface area contributed by atoms with Crippen molar-refractivity contribution in [3.05, 3.63) is 83.9 Å². The number of primary amides is 1. The number of piperidine rings is 1. The second-order valence-corrected chi connectivity index (χ2v) is 8.26. The number of nitrogens with one attached hydrogen (secondary N) is 1. The van der Waals surface area contributed by atoms with Gasteiger partial charge in [-0.3, -0.25) is 14.4 Å². The van der Waals surface area contributed by atoms with Crippen LogP contribution in [0.5, 0.6) is 11.5 Å². The maximum absolute atomic E-state index is 13.5. The number of amides is 3. The summed E-state index contributed by atoms with van der Waals surface area (Å²) in [7, 11) is 3.17. The molecule has 180 valence electrons. The monoisotopic (exact) mass is 473 g/mol. The van der Waals surface area contributed by atoms with Crippen molar-refractivity contribution < 1.29 is 23.9 Å². The van der Waals surface area contributed by atoms with Crippen LogP contribution in [0.1, 0.15) is 34.8 Å². The van der Waals surface area contributed by atoms with Crippen molar-refractivity contribution in [2.75, 3.05) is 24.4 Å². The topological polar surface area (TPSA) is 111 Å². The summed E-state index contributed by atoms with van der Waals surface area (Å²) in [5.41, 5.74) is 7.70. The molecule has 8 nitrogen and oxygen atoms in total. The van der Waals surface area contributed by atoms with Crippen LogP contribution >= 0.6 is 0 Å². The van der Waals surface area contributed by atoms with Crippen LogP contribution in [0.25, 0.3) is 0 Å². The van der Waals surface area contributed by atoms with Gasteiger partial charge in [-0.05, 0) is 72.6 Å². The zero-order valence-corrected chi connectivity index (χ0v) is 19.6. The standard InChI is InChI=1S/C27H27N3O5/c1-34-21-11-5-17(6-12-21)25-23(27(33)29-19-7-3-18(4-8-19)26(28)32)15-16-24(31)30(25)20-9-13-22(35-2)14-10-20/h3-14,23,25H,15-16H2,1-2H3,(H2,28,32)(H,29,33)/t23-,25-/m0/s1. The summed E-state index contributed by atoms with van der Waals surface area (Å²) in [5.74, 6) is 0.0206. The van der Waals surface area contributed by atoms with Gasteiger partial charge in [0.2, 0.25) is 17.7 Å². The Hall–Kier alpha value is -4.33. The third-order valence-electron chi connectivity index (χ3n) is 6.18. The van der Waals surface area contributed by atoms with Crippen LogP contribution < -0.4 is 25.4 Å². The second-order valence-electron chi connectivity index (χ2n) is 8.26. The largest absolute Gasteiger partial charge is 0.497 e. The molecule has 1 saturated heterocycles. The van der Waals surface area contributed by atoms with Gasteiger partial charge in [-0.2, -0.15) is 0 Å². The molecular weight excluding hydrogens is 446 g/mol. The number of carbonyl (C=O) groups excluding carboxylic acids is 3. The lowest BCUT2D eigenvalue weighted by molar-refractivity contribution is -0.125. The molecule has 1 aliphatic heterocycles. The molecule has 0 unspecified atom stereocenters. The highest BCUT2D eigenvalue weighted by Crippen LogP contribution is 2.41. The first kappa shape index (κ1) is 23.8. The maximum Gasteiger partial charge on any atom is 0.248 e. The van der Waals surface area contributed by atoms with Crippen LogP contribution in [0, 0.1) is 5.92 Å². The number of carbonyl (C=O) groups is 3. The van der Waals surface area contributed by atoms with Crippen LogP contribution in [-0.2, 0) is 9.59 Å². The van der Waals surface area contributed by atoms with Gasteiger partial charge in [0.1, 0.15) is 11.5 Å². The Balaban J connectivity index is 1.69. The van der Waals surface area contributed by atoms with Gasteiger partial charge in [-0.15, -0.1) is 0 Å². The van der Waals surface area contributed by atoms with Crippen LogP contribution in [0.3, 0.4) is 0 Å². The molecule has 0 saturated carbocycles. The van der Waals surface area contributed by atoms with Crippen LogP contribution in [0.4, 0.5) is 11.4 Å². The summed E-state index contributed by atoms with van der Waals surface area (Å²) in [5, 5.41) is 2.93. The van der Waals surface area contributed by atoms with Gasteiger partial charge >= 0.3 is 0 Å². The molecule has 3 aromatic rings. The first-order valence-electron chi connectivity index (χ1n) is 11.2. The zero-order valence-electron chi connectivity index (χ0n) is 19.6. The Morgan fingerprint density at radius 3 is 2.00 bits per heavy atom. The van der Waals surface area contributed by atoms with Crippen LogP contribution in [0.15, 0.2) is 72.8 Å². The van der Waals surface area contributed by atoms with Crippen LogP contribution in [-0.4, -0.2) is 31.9 Å². The SMILES string of the molecule is COc1ccc([C@H]2[C@@H](C(=O)Nc3ccc(C(N)=O)cc3)CCC(=O)N2c2ccc(OC)cc2)cc1. The first-order valence-corrected chi connectivity index (χ1v) is 11.2. The number of hydrogen-bond donors (Lipinski definition) is 2. The Morgan fingerprint density at radius 1 is 0.886 bits per heavy atom. The molecule has 8 heteroatoms. The molecule has 3 N–H and O–H groups in total. The number of rotatable bonds is 7. The van der Waals surface area contributed by atoms with E-state index >= 15 is 0 Å². The van der Waals surface area contributed by atoms with Crippen molar-refractivity contribution in [3.8, 4) is 11.5 Å². The molecule has 35 heavy (non-hydrogen) atoms. The van der Waals surface area contributed by atoms with Crippen molar-refractivity contribution >= 4 is 29.1 Å². The molecule has 1 fully saturated rings. The molecule has 0 aromatic heterocycles. The third kappa shape index (κ3) is 5.11. The van der Waals surface area contributed by atoms with Crippen molar-refractivity contribution in [1.29, 1.82) is 0 Å². The molecule has 0 radical (unpaired) electrons. The highest BCUT2D eigenvalue weighted by atomic mass is 16.5. The Bertz CT molecular complexity index is 1210. The molecule has 1 heterocycles. The number of ether oxygens (including phenoxy) is 2. The normalized spacial score (nSPS) is 17.5. The van der Waals surface area contributed by atoms with Gasteiger partial charge in [0.05, 0.1) is 26.2 Å². The Morgan fingerprint density at radius 2 is 1.46 bits per heavy atom. The van der Waals surface area contributed by atoms with E-state index in [4.69, 9.17) is 15.2 Å². The lowest BCUT2D eigenvalue weighted by Crippen LogP contribution is -2.46. The predicted molar refractivity (Wildman–Crippen MR) is 133 cm³/mol. The zero-order chi connectivity index (χ0) is 24.9. The first-order chi connectivity index (χ1) is 16.9. The fourth-order valence-corrected chi connectivity index (χ4v) is 4.35. The average Bonchev–Trinajstić information content (AvgIpc) is 2.89. The van der Waals surface area contributed by atoms with Crippen molar-refractivity contribution in [2.45, 2.75) is 18.9 Å². The van der Waals surface area contributed by atoms with E-state index in [0.29, 0.717) is 34.9 Å². The lowest BCUT2D eigenvalue weighted by atomic mass is 9.83. The van der Waals surface area contributed by atoms with Crippen molar-refractivity contribution in [3.63, 3.8) is 0 Å². The minimum atomic E-state index is -0.539. The second kappa shape index (κ2) is 10.3. The van der Waals surface area contributed by atoms with Crippen LogP contribution in [0.2, 0.25) is 0 Å². The minimum Gasteiger partial charge on any atom is -0.497 e. The van der Waals surface area contributed by atoms with Gasteiger partial charge in [-0.25, -0.2) is 0 Å². The van der Waals surface area contributed by atoms with E-state index in [-0.39, 0.29) is 18.2 Å². The fraction of sp³-hybridized carbons (Fsp3) is 0.222. The third-order valence-corrected chi connectivity index (χ3v) is 6.18. The molecule has 3 aromatic carbocycles. The number of anilines is 2. The molecular formula is C27H27N3O5. The van der Waals surface area contributed by atoms with E-state index in [1.54, 1.807) is 55.5 Å². The predicted octanol–water partition coefficient (Wildman–Crippen LogP) is 3.93. The highest BCUT2D eigenvalue weighted by Gasteiger charge is 2.41. The van der Waals surface area contributed by atoms with Crippen molar-refractivity contribution in [1.82, 2.24) is 0 Å². The molecule has 1 aliphatic rings. The summed E-state index contributed by atoms with van der Waals surface area (Å²) >= 11 is 0. The van der Waals surface area contributed by atoms with Gasteiger partial charge < -0.3 is 25.4 Å². The summed E-state index contributed by atoms with van der Waals surface area (Å²) < 4.78 is 10.5. The van der Waals surface area contributed by atoms with Gasteiger partial charge in [0, 0.05) is 23.4 Å². The lowest BCUT2D eigenvalue weighted by Gasteiger charge is -2.41. The van der Waals surface area contributed by atoms with E-state index in [2.05, 4.69) is 5.32 Å². The number of nitrogens with zero attached hydrogens (tertiary/aromatic N) is 1. The van der Waals surface area contributed by atoms with Crippen molar-refractivity contribution in [2.24, 2.45) is 11.7 Å². The molecule has 0 bridgehead atoms. The smallest absolute Gasteiger partial charge is 0.248 e. The van der Waals surface area contributed by atoms with E-state index in [1.165, 1.54) is 0 Å². The number of hydrogen-bond acceptors (Lipinski definition) is 5. The number of nitrogens with two attached hydrogens (primary N) is 1. The van der Waals surface area contributed by atoms with Gasteiger partial charge in [0.25, 0.3) is 0 Å².